The van der Waals surface area contributed by atoms with Gasteiger partial charge in [-0.15, -0.1) is 0 Å². The number of carbonyl (C=O) groups excluding carboxylic acids is 1. The molecule has 76 valence electrons. The number of rotatable bonds is 3. The maximum atomic E-state index is 12.9. The van der Waals surface area contributed by atoms with Crippen LogP contribution in [-0.2, 0) is 11.3 Å². The smallest absolute Gasteiger partial charge is 0.404 e. The van der Waals surface area contributed by atoms with Gasteiger partial charge in [0.2, 0.25) is 0 Å². The van der Waals surface area contributed by atoms with Crippen LogP contribution < -0.4 is 4.74 Å². The number of hydrogen-bond donors (Lipinski definition) is 0. The van der Waals surface area contributed by atoms with Crippen molar-refractivity contribution in [2.45, 2.75) is 6.61 Å². The SMILES string of the molecule is COc1cc(COC(=O)Cl)ccc1F. The average molecular weight is 219 g/mol. The van der Waals surface area contributed by atoms with Crippen LogP contribution in [0.4, 0.5) is 9.18 Å². The van der Waals surface area contributed by atoms with Gasteiger partial charge in [-0.25, -0.2) is 9.18 Å². The normalized spacial score (nSPS) is 9.64. The van der Waals surface area contributed by atoms with E-state index in [1.165, 1.54) is 25.3 Å². The highest BCUT2D eigenvalue weighted by molar-refractivity contribution is 6.61. The van der Waals surface area contributed by atoms with Gasteiger partial charge in [-0.3, -0.25) is 0 Å². The molecule has 0 aliphatic rings. The van der Waals surface area contributed by atoms with Gasteiger partial charge in [-0.1, -0.05) is 6.07 Å². The van der Waals surface area contributed by atoms with Gasteiger partial charge in [-0.05, 0) is 17.7 Å². The van der Waals surface area contributed by atoms with Gasteiger partial charge < -0.3 is 9.47 Å². The van der Waals surface area contributed by atoms with Gasteiger partial charge in [0.25, 0.3) is 0 Å². The minimum absolute atomic E-state index is 0.00102. The summed E-state index contributed by atoms with van der Waals surface area (Å²) in [4.78, 5) is 10.3. The quantitative estimate of drug-likeness (QED) is 0.732. The molecule has 5 heteroatoms. The zero-order chi connectivity index (χ0) is 10.6. The molecule has 14 heavy (non-hydrogen) atoms. The molecule has 0 spiro atoms. The fourth-order valence-corrected chi connectivity index (χ4v) is 0.989. The summed E-state index contributed by atoms with van der Waals surface area (Å²) in [7, 11) is 1.36. The Balaban J connectivity index is 2.74. The highest BCUT2D eigenvalue weighted by atomic mass is 35.5. The number of hydrogen-bond acceptors (Lipinski definition) is 3. The molecule has 0 bridgehead atoms. The summed E-state index contributed by atoms with van der Waals surface area (Å²) >= 11 is 4.97. The summed E-state index contributed by atoms with van der Waals surface area (Å²) in [5.41, 5.74) is -0.287. The molecule has 0 amide bonds. The second-order valence-electron chi connectivity index (χ2n) is 2.50. The van der Waals surface area contributed by atoms with E-state index in [2.05, 4.69) is 4.74 Å². The largest absolute Gasteiger partial charge is 0.494 e. The summed E-state index contributed by atoms with van der Waals surface area (Å²) in [5.74, 6) is -0.360. The Kier molecular flexibility index (Phi) is 3.71. The van der Waals surface area contributed by atoms with Crippen molar-refractivity contribution in [1.29, 1.82) is 0 Å². The lowest BCUT2D eigenvalue weighted by molar-refractivity contribution is 0.167. The number of benzene rings is 1. The fourth-order valence-electron chi connectivity index (χ4n) is 0.934. The molecular weight excluding hydrogens is 211 g/mol. The van der Waals surface area contributed by atoms with Crippen LogP contribution >= 0.6 is 11.6 Å². The van der Waals surface area contributed by atoms with Crippen LogP contribution in [0.15, 0.2) is 18.2 Å². The van der Waals surface area contributed by atoms with E-state index in [0.717, 1.165) is 0 Å². The molecule has 1 aromatic carbocycles. The Morgan fingerprint density at radius 2 is 2.29 bits per heavy atom. The van der Waals surface area contributed by atoms with Gasteiger partial charge >= 0.3 is 5.43 Å². The van der Waals surface area contributed by atoms with E-state index in [0.29, 0.717) is 5.56 Å². The van der Waals surface area contributed by atoms with Crippen molar-refractivity contribution >= 4 is 17.0 Å². The van der Waals surface area contributed by atoms with Crippen LogP contribution in [0.25, 0.3) is 0 Å². The Hall–Kier alpha value is -1.29. The molecule has 0 N–H and O–H groups in total. The lowest BCUT2D eigenvalue weighted by atomic mass is 10.2. The first-order valence-corrected chi connectivity index (χ1v) is 4.16. The van der Waals surface area contributed by atoms with E-state index in [4.69, 9.17) is 16.3 Å². The van der Waals surface area contributed by atoms with Crippen LogP contribution in [0.2, 0.25) is 0 Å². The van der Waals surface area contributed by atoms with E-state index in [1.54, 1.807) is 0 Å². The zero-order valence-corrected chi connectivity index (χ0v) is 8.18. The molecule has 0 fully saturated rings. The average Bonchev–Trinajstić information content (AvgIpc) is 2.16. The van der Waals surface area contributed by atoms with Crippen molar-refractivity contribution in [3.63, 3.8) is 0 Å². The first kappa shape index (κ1) is 10.8. The maximum Gasteiger partial charge on any atom is 0.404 e. The summed E-state index contributed by atoms with van der Waals surface area (Å²) in [6.45, 7) is -0.00102. The van der Waals surface area contributed by atoms with Crippen molar-refractivity contribution in [2.24, 2.45) is 0 Å². The highest BCUT2D eigenvalue weighted by Crippen LogP contribution is 2.18. The Morgan fingerprint density at radius 3 is 2.86 bits per heavy atom. The monoisotopic (exact) mass is 218 g/mol. The fraction of sp³-hybridized carbons (Fsp3) is 0.222. The first-order valence-electron chi connectivity index (χ1n) is 3.78. The van der Waals surface area contributed by atoms with Crippen LogP contribution in [-0.4, -0.2) is 12.5 Å². The number of halogens is 2. The lowest BCUT2D eigenvalue weighted by Gasteiger charge is -2.05. The van der Waals surface area contributed by atoms with Crippen molar-refractivity contribution in [2.75, 3.05) is 7.11 Å². The Morgan fingerprint density at radius 1 is 1.57 bits per heavy atom. The molecule has 0 saturated heterocycles. The van der Waals surface area contributed by atoms with Crippen molar-refractivity contribution in [3.8, 4) is 5.75 Å². The van der Waals surface area contributed by atoms with E-state index in [1.807, 2.05) is 0 Å². The van der Waals surface area contributed by atoms with Gasteiger partial charge in [0.1, 0.15) is 6.61 Å². The Labute approximate surface area is 85.4 Å². The van der Waals surface area contributed by atoms with Crippen LogP contribution in [0.3, 0.4) is 0 Å². The molecular formula is C9H8ClFO3. The molecule has 0 unspecified atom stereocenters. The lowest BCUT2D eigenvalue weighted by Crippen LogP contribution is -1.96. The van der Waals surface area contributed by atoms with E-state index >= 15 is 0 Å². The molecule has 3 nitrogen and oxygen atoms in total. The molecule has 0 atom stereocenters. The molecule has 1 rings (SSSR count). The number of carbonyl (C=O) groups is 1. The van der Waals surface area contributed by atoms with Crippen molar-refractivity contribution < 1.29 is 18.7 Å². The molecule has 0 aliphatic heterocycles. The summed E-state index contributed by atoms with van der Waals surface area (Å²) in [5, 5.41) is 0. The predicted molar refractivity (Wildman–Crippen MR) is 49.0 cm³/mol. The molecule has 0 heterocycles. The third kappa shape index (κ3) is 2.88. The Bertz CT molecular complexity index is 341. The van der Waals surface area contributed by atoms with Gasteiger partial charge in [0.15, 0.2) is 11.6 Å². The number of ether oxygens (including phenoxy) is 2. The van der Waals surface area contributed by atoms with Crippen molar-refractivity contribution in [1.82, 2.24) is 0 Å². The van der Waals surface area contributed by atoms with Crippen LogP contribution in [0.1, 0.15) is 5.56 Å². The summed E-state index contributed by atoms with van der Waals surface area (Å²) in [6.07, 6.45) is 0. The minimum Gasteiger partial charge on any atom is -0.494 e. The molecule has 1 aromatic rings. The van der Waals surface area contributed by atoms with E-state index < -0.39 is 11.2 Å². The first-order chi connectivity index (χ1) is 6.63. The van der Waals surface area contributed by atoms with E-state index in [-0.39, 0.29) is 12.4 Å². The second-order valence-corrected chi connectivity index (χ2v) is 2.80. The predicted octanol–water partition coefficient (Wildman–Crippen LogP) is 2.71. The standard InChI is InChI=1S/C9H8ClFO3/c1-13-8-4-6(2-3-7(8)11)5-14-9(10)12/h2-4H,5H2,1H3. The third-order valence-corrected chi connectivity index (χ3v) is 1.68. The highest BCUT2D eigenvalue weighted by Gasteiger charge is 2.04. The van der Waals surface area contributed by atoms with Crippen molar-refractivity contribution in [3.05, 3.63) is 29.6 Å². The summed E-state index contributed by atoms with van der Waals surface area (Å²) < 4.78 is 22.2. The molecule has 0 radical (unpaired) electrons. The topological polar surface area (TPSA) is 35.5 Å². The molecule has 0 aromatic heterocycles. The summed E-state index contributed by atoms with van der Waals surface area (Å²) in [6, 6.07) is 4.16. The third-order valence-electron chi connectivity index (χ3n) is 1.57. The van der Waals surface area contributed by atoms with Gasteiger partial charge in [0, 0.05) is 11.6 Å². The minimum atomic E-state index is -0.895. The molecule has 0 saturated carbocycles. The van der Waals surface area contributed by atoms with Gasteiger partial charge in [-0.2, -0.15) is 0 Å². The zero-order valence-electron chi connectivity index (χ0n) is 7.42. The van der Waals surface area contributed by atoms with Crippen LogP contribution in [0, 0.1) is 5.82 Å². The van der Waals surface area contributed by atoms with Gasteiger partial charge in [0.05, 0.1) is 7.11 Å². The molecule has 0 aliphatic carbocycles. The number of methoxy groups -OCH3 is 1. The van der Waals surface area contributed by atoms with Crippen LogP contribution in [0.5, 0.6) is 5.75 Å². The maximum absolute atomic E-state index is 12.9. The van der Waals surface area contributed by atoms with E-state index in [9.17, 15) is 9.18 Å². The second kappa shape index (κ2) is 4.81.